The molecule has 0 bridgehead atoms. The van der Waals surface area contributed by atoms with Gasteiger partial charge in [0.2, 0.25) is 5.91 Å². The van der Waals surface area contributed by atoms with Crippen LogP contribution in [0.1, 0.15) is 26.2 Å². The number of aliphatic carboxylic acids is 1. The lowest BCUT2D eigenvalue weighted by Crippen LogP contribution is -2.54. The zero-order valence-electron chi connectivity index (χ0n) is 9.00. The fraction of sp³-hybridized carbons (Fsp3) is 0.778. The smallest absolute Gasteiger partial charge is 0.329 e. The van der Waals surface area contributed by atoms with Gasteiger partial charge in [-0.05, 0) is 12.8 Å². The summed E-state index contributed by atoms with van der Waals surface area (Å²) in [5.74, 6) is -1.95. The molecule has 7 heteroatoms. The van der Waals surface area contributed by atoms with Crippen LogP contribution < -0.4 is 11.1 Å². The number of hydrogen-bond acceptors (Lipinski definition) is 3. The van der Waals surface area contributed by atoms with Crippen LogP contribution in [0.5, 0.6) is 0 Å². The summed E-state index contributed by atoms with van der Waals surface area (Å²) >= 11 is 0. The quantitative estimate of drug-likeness (QED) is 0.558. The van der Waals surface area contributed by atoms with Gasteiger partial charge < -0.3 is 16.2 Å². The molecule has 0 aliphatic heterocycles. The third-order valence-electron chi connectivity index (χ3n) is 2.20. The molecule has 0 rings (SSSR count). The minimum absolute atomic E-state index is 0.0961. The van der Waals surface area contributed by atoms with Gasteiger partial charge in [-0.25, -0.2) is 13.6 Å². The first kappa shape index (κ1) is 14.8. The Balaban J connectivity index is 4.06. The molecule has 4 N–H and O–H groups in total. The van der Waals surface area contributed by atoms with E-state index in [9.17, 15) is 18.4 Å². The van der Waals surface area contributed by atoms with E-state index in [0.29, 0.717) is 6.42 Å². The Labute approximate surface area is 92.0 Å². The number of hydrogen-bond donors (Lipinski definition) is 3. The molecule has 1 unspecified atom stereocenters. The highest BCUT2D eigenvalue weighted by Gasteiger charge is 2.43. The van der Waals surface area contributed by atoms with E-state index >= 15 is 0 Å². The van der Waals surface area contributed by atoms with E-state index < -0.39 is 17.9 Å². The van der Waals surface area contributed by atoms with E-state index in [0.717, 1.165) is 0 Å². The van der Waals surface area contributed by atoms with Gasteiger partial charge in [-0.3, -0.25) is 4.79 Å². The van der Waals surface area contributed by atoms with Crippen molar-refractivity contribution in [2.75, 3.05) is 6.54 Å². The number of carbonyl (C=O) groups is 2. The minimum atomic E-state index is -3.13. The van der Waals surface area contributed by atoms with Crippen LogP contribution in [0, 0.1) is 0 Å². The molecule has 1 amide bonds. The summed E-state index contributed by atoms with van der Waals surface area (Å²) in [7, 11) is 0. The third-order valence-corrected chi connectivity index (χ3v) is 2.20. The number of nitrogens with one attached hydrogen (secondary N) is 1. The number of halogens is 2. The summed E-state index contributed by atoms with van der Waals surface area (Å²) in [4.78, 5) is 21.4. The standard InChI is InChI=1S/C9H16F2N2O3/c1-2-6(14)13-5-3-4-9(12,7(10)11)8(15)16/h7H,2-5,12H2,1H3,(H,13,14)(H,15,16). The van der Waals surface area contributed by atoms with Crippen molar-refractivity contribution in [2.45, 2.75) is 38.2 Å². The van der Waals surface area contributed by atoms with E-state index in [1.54, 1.807) is 6.92 Å². The van der Waals surface area contributed by atoms with Gasteiger partial charge in [-0.2, -0.15) is 0 Å². The number of nitrogens with two attached hydrogens (primary N) is 1. The van der Waals surface area contributed by atoms with Gasteiger partial charge in [-0.1, -0.05) is 6.92 Å². The number of carbonyl (C=O) groups excluding carboxylic acids is 1. The number of amides is 1. The molecule has 0 spiro atoms. The monoisotopic (exact) mass is 238 g/mol. The second-order valence-electron chi connectivity index (χ2n) is 3.45. The van der Waals surface area contributed by atoms with Crippen LogP contribution in [0.3, 0.4) is 0 Å². The van der Waals surface area contributed by atoms with Crippen LogP contribution in [-0.4, -0.2) is 35.5 Å². The molecule has 94 valence electrons. The van der Waals surface area contributed by atoms with Gasteiger partial charge in [0.05, 0.1) is 0 Å². The topological polar surface area (TPSA) is 92.4 Å². The van der Waals surface area contributed by atoms with Crippen molar-refractivity contribution in [1.29, 1.82) is 0 Å². The predicted octanol–water partition coefficient (Wildman–Crippen LogP) is 0.340. The molecule has 0 fully saturated rings. The Morgan fingerprint density at radius 1 is 1.50 bits per heavy atom. The average molecular weight is 238 g/mol. The summed E-state index contributed by atoms with van der Waals surface area (Å²) < 4.78 is 24.8. The molecule has 0 aliphatic carbocycles. The summed E-state index contributed by atoms with van der Waals surface area (Å²) in [6.07, 6.45) is -3.13. The number of carboxylic acid groups (broad SMARTS) is 1. The lowest BCUT2D eigenvalue weighted by Gasteiger charge is -2.23. The molecule has 1 atom stereocenters. The fourth-order valence-electron chi connectivity index (χ4n) is 1.04. The van der Waals surface area contributed by atoms with Gasteiger partial charge in [-0.15, -0.1) is 0 Å². The van der Waals surface area contributed by atoms with Crippen LogP contribution in [-0.2, 0) is 9.59 Å². The van der Waals surface area contributed by atoms with Gasteiger partial charge in [0.15, 0.2) is 5.54 Å². The largest absolute Gasteiger partial charge is 0.480 e. The summed E-state index contributed by atoms with van der Waals surface area (Å²) in [5, 5.41) is 11.0. The Morgan fingerprint density at radius 2 is 2.06 bits per heavy atom. The molecule has 0 heterocycles. The second-order valence-corrected chi connectivity index (χ2v) is 3.45. The third kappa shape index (κ3) is 4.09. The first-order valence-electron chi connectivity index (χ1n) is 4.91. The fourth-order valence-corrected chi connectivity index (χ4v) is 1.04. The van der Waals surface area contributed by atoms with Crippen LogP contribution in [0.2, 0.25) is 0 Å². The van der Waals surface area contributed by atoms with Crippen LogP contribution >= 0.6 is 0 Å². The van der Waals surface area contributed by atoms with Crippen molar-refractivity contribution in [3.05, 3.63) is 0 Å². The van der Waals surface area contributed by atoms with E-state index in [1.165, 1.54) is 0 Å². The first-order valence-corrected chi connectivity index (χ1v) is 4.91. The van der Waals surface area contributed by atoms with Crippen molar-refractivity contribution < 1.29 is 23.5 Å². The van der Waals surface area contributed by atoms with Crippen LogP contribution in [0.4, 0.5) is 8.78 Å². The molecule has 0 aromatic carbocycles. The highest BCUT2D eigenvalue weighted by molar-refractivity contribution is 5.79. The average Bonchev–Trinajstić information content (AvgIpc) is 2.22. The van der Waals surface area contributed by atoms with E-state index in [-0.39, 0.29) is 25.3 Å². The summed E-state index contributed by atoms with van der Waals surface area (Å²) in [5.41, 5.74) is 2.54. The molecule has 5 nitrogen and oxygen atoms in total. The van der Waals surface area contributed by atoms with Crippen molar-refractivity contribution >= 4 is 11.9 Å². The molecule has 0 aromatic heterocycles. The Morgan fingerprint density at radius 3 is 2.44 bits per heavy atom. The maximum atomic E-state index is 12.4. The predicted molar refractivity (Wildman–Crippen MR) is 53.1 cm³/mol. The van der Waals surface area contributed by atoms with Crippen molar-refractivity contribution in [2.24, 2.45) is 5.73 Å². The molecule has 0 radical (unpaired) electrons. The Hall–Kier alpha value is -1.24. The SMILES string of the molecule is CCC(=O)NCCCC(N)(C(=O)O)C(F)F. The molecule has 0 saturated carbocycles. The van der Waals surface area contributed by atoms with Gasteiger partial charge in [0.25, 0.3) is 6.43 Å². The molecular formula is C9H16F2N2O3. The highest BCUT2D eigenvalue weighted by atomic mass is 19.3. The Kier molecular flexibility index (Phi) is 5.87. The molecular weight excluding hydrogens is 222 g/mol. The summed E-state index contributed by atoms with van der Waals surface area (Å²) in [6, 6.07) is 0. The van der Waals surface area contributed by atoms with E-state index in [4.69, 9.17) is 10.8 Å². The zero-order valence-corrected chi connectivity index (χ0v) is 9.00. The minimum Gasteiger partial charge on any atom is -0.480 e. The lowest BCUT2D eigenvalue weighted by molar-refractivity contribution is -0.150. The van der Waals surface area contributed by atoms with Gasteiger partial charge >= 0.3 is 5.97 Å². The highest BCUT2D eigenvalue weighted by Crippen LogP contribution is 2.19. The zero-order chi connectivity index (χ0) is 12.8. The van der Waals surface area contributed by atoms with Crippen LogP contribution in [0.25, 0.3) is 0 Å². The van der Waals surface area contributed by atoms with Crippen LogP contribution in [0.15, 0.2) is 0 Å². The van der Waals surface area contributed by atoms with E-state index in [1.807, 2.05) is 0 Å². The van der Waals surface area contributed by atoms with E-state index in [2.05, 4.69) is 5.32 Å². The lowest BCUT2D eigenvalue weighted by atomic mass is 9.95. The molecule has 0 aromatic rings. The van der Waals surface area contributed by atoms with Gasteiger partial charge in [0.1, 0.15) is 0 Å². The number of rotatable bonds is 7. The summed E-state index contributed by atoms with van der Waals surface area (Å²) in [6.45, 7) is 1.80. The van der Waals surface area contributed by atoms with Gasteiger partial charge in [0, 0.05) is 13.0 Å². The first-order chi connectivity index (χ1) is 7.34. The molecule has 0 aliphatic rings. The van der Waals surface area contributed by atoms with Crippen molar-refractivity contribution in [3.63, 3.8) is 0 Å². The maximum absolute atomic E-state index is 12.4. The Bertz CT molecular complexity index is 261. The van der Waals surface area contributed by atoms with Crippen molar-refractivity contribution in [3.8, 4) is 0 Å². The molecule has 16 heavy (non-hydrogen) atoms. The molecule has 0 saturated heterocycles. The second kappa shape index (κ2) is 6.37. The number of carboxylic acids is 1. The normalized spacial score (nSPS) is 14.6. The van der Waals surface area contributed by atoms with Crippen molar-refractivity contribution in [1.82, 2.24) is 5.32 Å². The number of alkyl halides is 2. The maximum Gasteiger partial charge on any atom is 0.329 e.